The topological polar surface area (TPSA) is 53.1 Å². The molecule has 1 aromatic carbocycles. The Hall–Kier alpha value is -1.33. The number of benzene rings is 1. The van der Waals surface area contributed by atoms with Crippen molar-refractivity contribution in [1.29, 1.82) is 0 Å². The van der Waals surface area contributed by atoms with E-state index < -0.39 is 0 Å². The van der Waals surface area contributed by atoms with Crippen molar-refractivity contribution in [3.05, 3.63) is 40.6 Å². The summed E-state index contributed by atoms with van der Waals surface area (Å²) in [5, 5.41) is 4.24. The van der Waals surface area contributed by atoms with Crippen molar-refractivity contribution in [3.63, 3.8) is 0 Å². The number of hydrogen-bond donors (Lipinski definition) is 1. The maximum Gasteiger partial charge on any atom is 0.165 e. The Morgan fingerprint density at radius 3 is 2.58 bits per heavy atom. The van der Waals surface area contributed by atoms with Crippen LogP contribution in [0.2, 0.25) is 0 Å². The van der Waals surface area contributed by atoms with Crippen LogP contribution in [0.15, 0.2) is 35.1 Å². The second kappa shape index (κ2) is 5.75. The van der Waals surface area contributed by atoms with E-state index in [-0.39, 0.29) is 6.04 Å². The predicted molar refractivity (Wildman–Crippen MR) is 79.4 cm³/mol. The summed E-state index contributed by atoms with van der Waals surface area (Å²) >= 11 is 3.50. The molecule has 1 aromatic heterocycles. The van der Waals surface area contributed by atoms with Gasteiger partial charge in [0.2, 0.25) is 0 Å². The zero-order valence-corrected chi connectivity index (χ0v) is 12.9. The van der Waals surface area contributed by atoms with Gasteiger partial charge in [0.05, 0.1) is 16.9 Å². The molecule has 0 radical (unpaired) electrons. The summed E-state index contributed by atoms with van der Waals surface area (Å²) in [5.74, 6) is 1.48. The average molecular weight is 324 g/mol. The zero-order valence-electron chi connectivity index (χ0n) is 11.3. The molecule has 2 N–H and O–H groups in total. The first-order valence-corrected chi connectivity index (χ1v) is 7.03. The van der Waals surface area contributed by atoms with Gasteiger partial charge in [0, 0.05) is 12.1 Å². The maximum absolute atomic E-state index is 5.85. The van der Waals surface area contributed by atoms with E-state index in [9.17, 15) is 0 Å². The van der Waals surface area contributed by atoms with Gasteiger partial charge in [-0.25, -0.2) is 0 Å². The fourth-order valence-corrected chi connectivity index (χ4v) is 2.14. The normalized spacial score (nSPS) is 12.7. The number of nitrogens with zero attached hydrogens (tertiary/aromatic N) is 2. The van der Waals surface area contributed by atoms with Crippen molar-refractivity contribution in [2.45, 2.75) is 32.9 Å². The second-order valence-corrected chi connectivity index (χ2v) is 5.68. The van der Waals surface area contributed by atoms with E-state index in [4.69, 9.17) is 10.5 Å². The Morgan fingerprint density at radius 2 is 2.05 bits per heavy atom. The van der Waals surface area contributed by atoms with Gasteiger partial charge in [0.1, 0.15) is 5.75 Å². The summed E-state index contributed by atoms with van der Waals surface area (Å²) in [7, 11) is 0. The van der Waals surface area contributed by atoms with Crippen LogP contribution in [0.4, 0.5) is 0 Å². The van der Waals surface area contributed by atoms with Crippen LogP contribution in [-0.2, 0) is 0 Å². The monoisotopic (exact) mass is 323 g/mol. The molecule has 5 heteroatoms. The number of ether oxygens (including phenoxy) is 1. The highest BCUT2D eigenvalue weighted by Gasteiger charge is 2.08. The van der Waals surface area contributed by atoms with Gasteiger partial charge < -0.3 is 10.5 Å². The van der Waals surface area contributed by atoms with Crippen LogP contribution in [0.25, 0.3) is 0 Å². The fraction of sp³-hybridized carbons (Fsp3) is 0.357. The van der Waals surface area contributed by atoms with Crippen molar-refractivity contribution in [3.8, 4) is 11.5 Å². The van der Waals surface area contributed by atoms with Crippen LogP contribution in [-0.4, -0.2) is 9.78 Å². The molecule has 2 aromatic rings. The van der Waals surface area contributed by atoms with E-state index in [1.165, 1.54) is 0 Å². The summed E-state index contributed by atoms with van der Waals surface area (Å²) < 4.78 is 8.55. The van der Waals surface area contributed by atoms with Crippen LogP contribution >= 0.6 is 15.9 Å². The molecule has 0 aliphatic heterocycles. The van der Waals surface area contributed by atoms with E-state index in [1.807, 2.05) is 36.0 Å². The van der Waals surface area contributed by atoms with E-state index in [1.54, 1.807) is 6.20 Å². The molecule has 0 amide bonds. The van der Waals surface area contributed by atoms with Crippen LogP contribution < -0.4 is 10.5 Å². The molecule has 1 heterocycles. The van der Waals surface area contributed by atoms with E-state index in [0.717, 1.165) is 21.5 Å². The van der Waals surface area contributed by atoms with Gasteiger partial charge in [0.15, 0.2) is 5.75 Å². The quantitative estimate of drug-likeness (QED) is 0.923. The molecule has 0 aliphatic rings. The Labute approximate surface area is 121 Å². The highest BCUT2D eigenvalue weighted by molar-refractivity contribution is 9.10. The maximum atomic E-state index is 5.85. The first kappa shape index (κ1) is 14.1. The summed E-state index contributed by atoms with van der Waals surface area (Å²) in [4.78, 5) is 0. The lowest BCUT2D eigenvalue weighted by Gasteiger charge is -2.10. The van der Waals surface area contributed by atoms with Gasteiger partial charge in [-0.15, -0.1) is 0 Å². The van der Waals surface area contributed by atoms with Crippen molar-refractivity contribution >= 4 is 15.9 Å². The molecule has 19 heavy (non-hydrogen) atoms. The number of rotatable bonds is 4. The Morgan fingerprint density at radius 1 is 1.32 bits per heavy atom. The highest BCUT2D eigenvalue weighted by atomic mass is 79.9. The smallest absolute Gasteiger partial charge is 0.165 e. The minimum absolute atomic E-state index is 0.00837. The molecular weight excluding hydrogens is 306 g/mol. The largest absolute Gasteiger partial charge is 0.453 e. The van der Waals surface area contributed by atoms with Crippen LogP contribution in [0, 0.1) is 0 Å². The lowest BCUT2D eigenvalue weighted by Crippen LogP contribution is -2.04. The summed E-state index contributed by atoms with van der Waals surface area (Å²) in [5.41, 5.74) is 6.91. The van der Waals surface area contributed by atoms with Gasteiger partial charge in [-0.1, -0.05) is 6.07 Å². The van der Waals surface area contributed by atoms with Crippen LogP contribution in [0.5, 0.6) is 11.5 Å². The number of aromatic nitrogens is 2. The Balaban J connectivity index is 2.18. The SMILES string of the molecule is CC(C)n1cc(Oc2ccc([C@H](C)N)cc2Br)cn1. The number of hydrogen-bond acceptors (Lipinski definition) is 3. The van der Waals surface area contributed by atoms with Crippen LogP contribution in [0.1, 0.15) is 38.4 Å². The third-order valence-corrected chi connectivity index (χ3v) is 3.44. The molecule has 0 fully saturated rings. The Bertz CT molecular complexity index is 564. The first-order chi connectivity index (χ1) is 8.97. The molecule has 0 bridgehead atoms. The van der Waals surface area contributed by atoms with E-state index in [2.05, 4.69) is 34.9 Å². The van der Waals surface area contributed by atoms with Crippen molar-refractivity contribution in [2.75, 3.05) is 0 Å². The lowest BCUT2D eigenvalue weighted by molar-refractivity contribution is 0.474. The summed E-state index contributed by atoms with van der Waals surface area (Å²) in [6.07, 6.45) is 3.60. The van der Waals surface area contributed by atoms with Gasteiger partial charge in [-0.05, 0) is 54.4 Å². The number of nitrogens with two attached hydrogens (primary N) is 1. The summed E-state index contributed by atoms with van der Waals surface area (Å²) in [6.45, 7) is 6.10. The molecule has 2 rings (SSSR count). The van der Waals surface area contributed by atoms with Gasteiger partial charge >= 0.3 is 0 Å². The molecule has 0 saturated carbocycles. The minimum Gasteiger partial charge on any atom is -0.453 e. The fourth-order valence-electron chi connectivity index (χ4n) is 1.67. The van der Waals surface area contributed by atoms with Gasteiger partial charge in [0.25, 0.3) is 0 Å². The molecule has 4 nitrogen and oxygen atoms in total. The lowest BCUT2D eigenvalue weighted by atomic mass is 10.1. The van der Waals surface area contributed by atoms with Gasteiger partial charge in [-0.2, -0.15) is 5.10 Å². The van der Waals surface area contributed by atoms with Crippen molar-refractivity contribution in [1.82, 2.24) is 9.78 Å². The van der Waals surface area contributed by atoms with Crippen molar-refractivity contribution < 1.29 is 4.74 Å². The summed E-state index contributed by atoms with van der Waals surface area (Å²) in [6, 6.07) is 6.19. The molecule has 102 valence electrons. The average Bonchev–Trinajstić information content (AvgIpc) is 2.80. The van der Waals surface area contributed by atoms with Gasteiger partial charge in [-0.3, -0.25) is 4.68 Å². The molecular formula is C14H18BrN3O. The first-order valence-electron chi connectivity index (χ1n) is 6.24. The number of halogens is 1. The predicted octanol–water partition coefficient (Wildman–Crippen LogP) is 4.04. The molecule has 0 spiro atoms. The minimum atomic E-state index is 0.00837. The molecule has 0 aliphatic carbocycles. The standard InChI is InChI=1S/C14H18BrN3O/c1-9(2)18-8-12(7-17-18)19-14-5-4-11(10(3)16)6-13(14)15/h4-10H,16H2,1-3H3/t10-/m0/s1. The molecule has 0 unspecified atom stereocenters. The van der Waals surface area contributed by atoms with E-state index >= 15 is 0 Å². The molecule has 0 saturated heterocycles. The third-order valence-electron chi connectivity index (χ3n) is 2.82. The second-order valence-electron chi connectivity index (χ2n) is 4.83. The third kappa shape index (κ3) is 3.36. The van der Waals surface area contributed by atoms with E-state index in [0.29, 0.717) is 6.04 Å². The molecule has 1 atom stereocenters. The van der Waals surface area contributed by atoms with Crippen LogP contribution in [0.3, 0.4) is 0 Å². The highest BCUT2D eigenvalue weighted by Crippen LogP contribution is 2.31. The zero-order chi connectivity index (χ0) is 14.0. The Kier molecular flexibility index (Phi) is 4.27. The van der Waals surface area contributed by atoms with Crippen molar-refractivity contribution in [2.24, 2.45) is 5.73 Å².